The Hall–Kier alpha value is -1.34. The van der Waals surface area contributed by atoms with Gasteiger partial charge in [-0.1, -0.05) is 30.3 Å². The minimum atomic E-state index is -0.0174. The van der Waals surface area contributed by atoms with Crippen molar-refractivity contribution in [1.82, 2.24) is 0 Å². The molecule has 0 radical (unpaired) electrons. The summed E-state index contributed by atoms with van der Waals surface area (Å²) in [5.41, 5.74) is 8.82. The number of hydrogen-bond donors (Lipinski definition) is 1. The van der Waals surface area contributed by atoms with Gasteiger partial charge in [-0.15, -0.1) is 0 Å². The van der Waals surface area contributed by atoms with Gasteiger partial charge < -0.3 is 5.73 Å². The van der Waals surface area contributed by atoms with Gasteiger partial charge in [0.05, 0.1) is 0 Å². The molecular weight excluding hydrogens is 182 g/mol. The van der Waals surface area contributed by atoms with Gasteiger partial charge in [-0.3, -0.25) is 0 Å². The van der Waals surface area contributed by atoms with Gasteiger partial charge in [-0.05, 0) is 47.7 Å². The number of hydrogen-bond acceptors (Lipinski definition) is 1. The molecule has 0 aromatic heterocycles. The largest absolute Gasteiger partial charge is 0.321 e. The molecular formula is C14H15N. The first-order valence-electron chi connectivity index (χ1n) is 5.48. The van der Waals surface area contributed by atoms with E-state index in [1.54, 1.807) is 0 Å². The first kappa shape index (κ1) is 8.93. The Labute approximate surface area is 89.9 Å². The smallest absolute Gasteiger partial charge is 0.0411 e. The fourth-order valence-corrected chi connectivity index (χ4v) is 2.16. The van der Waals surface area contributed by atoms with Crippen molar-refractivity contribution in [3.05, 3.63) is 47.5 Å². The minimum absolute atomic E-state index is 0.0174. The van der Waals surface area contributed by atoms with Gasteiger partial charge in [-0.25, -0.2) is 0 Å². The average molecular weight is 197 g/mol. The van der Waals surface area contributed by atoms with E-state index in [1.807, 2.05) is 0 Å². The van der Waals surface area contributed by atoms with Crippen LogP contribution in [-0.2, 0) is 5.54 Å². The zero-order valence-corrected chi connectivity index (χ0v) is 8.96. The number of aryl methyl sites for hydroxylation is 1. The second-order valence-electron chi connectivity index (χ2n) is 4.67. The van der Waals surface area contributed by atoms with Crippen molar-refractivity contribution in [3.8, 4) is 0 Å². The summed E-state index contributed by atoms with van der Waals surface area (Å²) >= 11 is 0. The SMILES string of the molecule is Cc1cccc2ccc(C3(N)CC3)cc12. The van der Waals surface area contributed by atoms with Crippen LogP contribution in [0.1, 0.15) is 24.0 Å². The molecule has 0 bridgehead atoms. The summed E-state index contributed by atoms with van der Waals surface area (Å²) in [6.45, 7) is 2.15. The van der Waals surface area contributed by atoms with Crippen LogP contribution in [0.25, 0.3) is 10.8 Å². The highest BCUT2D eigenvalue weighted by Crippen LogP contribution is 2.43. The van der Waals surface area contributed by atoms with E-state index in [9.17, 15) is 0 Å². The zero-order chi connectivity index (χ0) is 10.5. The van der Waals surface area contributed by atoms with E-state index >= 15 is 0 Å². The van der Waals surface area contributed by atoms with Crippen LogP contribution in [0.5, 0.6) is 0 Å². The fraction of sp³-hybridized carbons (Fsp3) is 0.286. The molecule has 3 rings (SSSR count). The molecule has 0 atom stereocenters. The number of benzene rings is 2. The van der Waals surface area contributed by atoms with E-state index in [0.717, 1.165) is 12.8 Å². The molecule has 1 aliphatic carbocycles. The summed E-state index contributed by atoms with van der Waals surface area (Å²) < 4.78 is 0. The molecule has 0 aliphatic heterocycles. The highest BCUT2D eigenvalue weighted by molar-refractivity contribution is 5.86. The summed E-state index contributed by atoms with van der Waals surface area (Å²) in [6.07, 6.45) is 2.26. The Morgan fingerprint density at radius 1 is 1.13 bits per heavy atom. The third-order valence-electron chi connectivity index (χ3n) is 3.46. The van der Waals surface area contributed by atoms with Gasteiger partial charge in [0.25, 0.3) is 0 Å². The van der Waals surface area contributed by atoms with Crippen LogP contribution in [-0.4, -0.2) is 0 Å². The molecule has 0 unspecified atom stereocenters. The second-order valence-corrected chi connectivity index (χ2v) is 4.67. The molecule has 2 aromatic carbocycles. The average Bonchev–Trinajstić information content (AvgIpc) is 2.98. The lowest BCUT2D eigenvalue weighted by Crippen LogP contribution is -2.18. The van der Waals surface area contributed by atoms with Crippen molar-refractivity contribution >= 4 is 10.8 Å². The fourth-order valence-electron chi connectivity index (χ4n) is 2.16. The van der Waals surface area contributed by atoms with Gasteiger partial charge >= 0.3 is 0 Å². The lowest BCUT2D eigenvalue weighted by atomic mass is 9.98. The van der Waals surface area contributed by atoms with Crippen LogP contribution >= 0.6 is 0 Å². The first-order valence-corrected chi connectivity index (χ1v) is 5.48. The normalized spacial score (nSPS) is 18.0. The van der Waals surface area contributed by atoms with Gasteiger partial charge in [0.15, 0.2) is 0 Å². The van der Waals surface area contributed by atoms with Crippen LogP contribution in [0.4, 0.5) is 0 Å². The van der Waals surface area contributed by atoms with Crippen molar-refractivity contribution in [2.45, 2.75) is 25.3 Å². The van der Waals surface area contributed by atoms with Crippen molar-refractivity contribution in [3.63, 3.8) is 0 Å². The maximum atomic E-state index is 6.21. The highest BCUT2D eigenvalue weighted by Gasteiger charge is 2.39. The van der Waals surface area contributed by atoms with Gasteiger partial charge in [-0.2, -0.15) is 0 Å². The van der Waals surface area contributed by atoms with Crippen LogP contribution in [0.2, 0.25) is 0 Å². The summed E-state index contributed by atoms with van der Waals surface area (Å²) in [4.78, 5) is 0. The number of rotatable bonds is 1. The lowest BCUT2D eigenvalue weighted by molar-refractivity contribution is 0.741. The Morgan fingerprint density at radius 2 is 1.93 bits per heavy atom. The molecule has 0 spiro atoms. The van der Waals surface area contributed by atoms with E-state index in [1.165, 1.54) is 21.9 Å². The monoisotopic (exact) mass is 197 g/mol. The molecule has 0 saturated heterocycles. The summed E-state index contributed by atoms with van der Waals surface area (Å²) in [7, 11) is 0. The molecule has 76 valence electrons. The van der Waals surface area contributed by atoms with Crippen LogP contribution < -0.4 is 5.73 Å². The van der Waals surface area contributed by atoms with E-state index in [2.05, 4.69) is 43.3 Å². The summed E-state index contributed by atoms with van der Waals surface area (Å²) in [5.74, 6) is 0. The van der Waals surface area contributed by atoms with Crippen molar-refractivity contribution < 1.29 is 0 Å². The topological polar surface area (TPSA) is 26.0 Å². The van der Waals surface area contributed by atoms with Gasteiger partial charge in [0.2, 0.25) is 0 Å². The maximum absolute atomic E-state index is 6.21. The Morgan fingerprint density at radius 3 is 2.67 bits per heavy atom. The zero-order valence-electron chi connectivity index (χ0n) is 8.96. The molecule has 1 aliphatic rings. The molecule has 1 heteroatoms. The first-order chi connectivity index (χ1) is 7.19. The molecule has 2 N–H and O–H groups in total. The Kier molecular flexibility index (Phi) is 1.68. The van der Waals surface area contributed by atoms with Gasteiger partial charge in [0.1, 0.15) is 0 Å². The van der Waals surface area contributed by atoms with Crippen molar-refractivity contribution in [1.29, 1.82) is 0 Å². The van der Waals surface area contributed by atoms with Gasteiger partial charge in [0, 0.05) is 5.54 Å². The molecule has 15 heavy (non-hydrogen) atoms. The van der Waals surface area contributed by atoms with E-state index in [-0.39, 0.29) is 5.54 Å². The standard InChI is InChI=1S/C14H15N/c1-10-3-2-4-11-5-6-12(9-13(10)11)14(15)7-8-14/h2-6,9H,7-8,15H2,1H3. The third kappa shape index (κ3) is 1.35. The van der Waals surface area contributed by atoms with E-state index < -0.39 is 0 Å². The van der Waals surface area contributed by atoms with Crippen LogP contribution in [0.15, 0.2) is 36.4 Å². The van der Waals surface area contributed by atoms with E-state index in [4.69, 9.17) is 5.73 Å². The molecule has 0 heterocycles. The molecule has 0 amide bonds. The van der Waals surface area contributed by atoms with Crippen molar-refractivity contribution in [2.75, 3.05) is 0 Å². The molecule has 1 fully saturated rings. The quantitative estimate of drug-likeness (QED) is 0.747. The number of fused-ring (bicyclic) bond motifs is 1. The van der Waals surface area contributed by atoms with E-state index in [0.29, 0.717) is 0 Å². The Bertz CT molecular complexity index is 524. The third-order valence-corrected chi connectivity index (χ3v) is 3.46. The van der Waals surface area contributed by atoms with Crippen LogP contribution in [0, 0.1) is 6.92 Å². The molecule has 1 nitrogen and oxygen atoms in total. The predicted molar refractivity (Wildman–Crippen MR) is 63.8 cm³/mol. The minimum Gasteiger partial charge on any atom is -0.321 e. The lowest BCUT2D eigenvalue weighted by Gasteiger charge is -2.11. The Balaban J connectivity index is 2.25. The summed E-state index contributed by atoms with van der Waals surface area (Å²) in [5, 5.41) is 2.65. The highest BCUT2D eigenvalue weighted by atomic mass is 14.8. The maximum Gasteiger partial charge on any atom is 0.0411 e. The summed E-state index contributed by atoms with van der Waals surface area (Å²) in [6, 6.07) is 13.0. The number of nitrogens with two attached hydrogens (primary N) is 1. The van der Waals surface area contributed by atoms with Crippen molar-refractivity contribution in [2.24, 2.45) is 5.73 Å². The van der Waals surface area contributed by atoms with Crippen LogP contribution in [0.3, 0.4) is 0 Å². The predicted octanol–water partition coefficient (Wildman–Crippen LogP) is 3.10. The second kappa shape index (κ2) is 2.83. The molecule has 1 saturated carbocycles. The molecule has 2 aromatic rings.